The molecule has 6 nitrogen and oxygen atoms in total. The third-order valence-corrected chi connectivity index (χ3v) is 4.47. The Labute approximate surface area is 131 Å². The molecule has 3 heterocycles. The monoisotopic (exact) mass is 301 g/mol. The molecule has 0 radical (unpaired) electrons. The van der Waals surface area contributed by atoms with Crippen molar-refractivity contribution in [3.8, 4) is 0 Å². The van der Waals surface area contributed by atoms with E-state index in [9.17, 15) is 0 Å². The van der Waals surface area contributed by atoms with Gasteiger partial charge in [0.1, 0.15) is 17.9 Å². The summed E-state index contributed by atoms with van der Waals surface area (Å²) in [7, 11) is 2.13. The van der Waals surface area contributed by atoms with Crippen LogP contribution in [0.4, 0.5) is 5.82 Å². The molecule has 1 aliphatic rings. The Bertz CT molecular complexity index is 619. The molecule has 0 unspecified atom stereocenters. The number of likely N-dealkylation sites (tertiary alicyclic amines) is 1. The van der Waals surface area contributed by atoms with Gasteiger partial charge in [0, 0.05) is 44.5 Å². The molecule has 0 N–H and O–H groups in total. The average Bonchev–Trinajstić information content (AvgIpc) is 2.92. The largest absolute Gasteiger partial charge is 0.448 e. The minimum Gasteiger partial charge on any atom is -0.448 e. The van der Waals surface area contributed by atoms with Crippen LogP contribution in [-0.2, 0) is 6.54 Å². The highest BCUT2D eigenvalue weighted by Crippen LogP contribution is 2.22. The van der Waals surface area contributed by atoms with Gasteiger partial charge in [0.25, 0.3) is 0 Å². The fourth-order valence-corrected chi connectivity index (χ4v) is 2.98. The number of hydrogen-bond donors (Lipinski definition) is 0. The topological polar surface area (TPSA) is 58.3 Å². The summed E-state index contributed by atoms with van der Waals surface area (Å²) in [6, 6.07) is 2.58. The highest BCUT2D eigenvalue weighted by Gasteiger charge is 2.24. The van der Waals surface area contributed by atoms with Crippen molar-refractivity contribution >= 4 is 5.82 Å². The molecular formula is C16H23N5O. The molecule has 1 aliphatic heterocycles. The lowest BCUT2D eigenvalue weighted by Gasteiger charge is -2.37. The average molecular weight is 301 g/mol. The van der Waals surface area contributed by atoms with E-state index in [1.165, 1.54) is 6.39 Å². The van der Waals surface area contributed by atoms with Gasteiger partial charge in [0.2, 0.25) is 0 Å². The van der Waals surface area contributed by atoms with Crippen LogP contribution in [-0.4, -0.2) is 46.0 Å². The van der Waals surface area contributed by atoms with Gasteiger partial charge in [0.15, 0.2) is 6.39 Å². The van der Waals surface area contributed by atoms with E-state index in [0.29, 0.717) is 6.04 Å². The zero-order valence-electron chi connectivity index (χ0n) is 13.5. The predicted molar refractivity (Wildman–Crippen MR) is 84.7 cm³/mol. The molecule has 22 heavy (non-hydrogen) atoms. The van der Waals surface area contributed by atoms with Crippen molar-refractivity contribution in [1.82, 2.24) is 19.9 Å². The third-order valence-electron chi connectivity index (χ3n) is 4.47. The minimum atomic E-state index is 0.531. The third kappa shape index (κ3) is 3.27. The maximum atomic E-state index is 5.27. The summed E-state index contributed by atoms with van der Waals surface area (Å²) < 4.78 is 5.27. The van der Waals surface area contributed by atoms with E-state index in [-0.39, 0.29) is 0 Å². The quantitative estimate of drug-likeness (QED) is 0.862. The van der Waals surface area contributed by atoms with Crippen LogP contribution >= 0.6 is 0 Å². The van der Waals surface area contributed by atoms with Gasteiger partial charge >= 0.3 is 0 Å². The van der Waals surface area contributed by atoms with Crippen LogP contribution < -0.4 is 4.90 Å². The van der Waals surface area contributed by atoms with E-state index in [4.69, 9.17) is 4.42 Å². The first-order chi connectivity index (χ1) is 10.6. The van der Waals surface area contributed by atoms with Crippen LogP contribution in [0.1, 0.15) is 30.0 Å². The number of nitrogens with zero attached hydrogens (tertiary/aromatic N) is 5. The van der Waals surface area contributed by atoms with E-state index >= 15 is 0 Å². The normalized spacial score (nSPS) is 16.9. The second-order valence-electron chi connectivity index (χ2n) is 5.99. The van der Waals surface area contributed by atoms with Crippen molar-refractivity contribution in [2.45, 2.75) is 39.3 Å². The van der Waals surface area contributed by atoms with Crippen LogP contribution in [0.5, 0.6) is 0 Å². The lowest BCUT2D eigenvalue weighted by Crippen LogP contribution is -2.43. The van der Waals surface area contributed by atoms with Crippen molar-refractivity contribution in [3.05, 3.63) is 35.9 Å². The van der Waals surface area contributed by atoms with Gasteiger partial charge in [-0.2, -0.15) is 0 Å². The number of anilines is 1. The molecule has 1 saturated heterocycles. The van der Waals surface area contributed by atoms with E-state index in [0.717, 1.165) is 55.4 Å². The Morgan fingerprint density at radius 3 is 2.64 bits per heavy atom. The summed E-state index contributed by atoms with van der Waals surface area (Å²) in [5.74, 6) is 1.94. The molecule has 6 heteroatoms. The first-order valence-corrected chi connectivity index (χ1v) is 7.76. The molecule has 0 aromatic carbocycles. The van der Waals surface area contributed by atoms with Crippen LogP contribution in [0.15, 0.2) is 23.2 Å². The Kier molecular flexibility index (Phi) is 4.38. The predicted octanol–water partition coefficient (Wildman–Crippen LogP) is 2.18. The second-order valence-corrected chi connectivity index (χ2v) is 5.99. The summed E-state index contributed by atoms with van der Waals surface area (Å²) in [6.45, 7) is 7.00. The van der Waals surface area contributed by atoms with Crippen LogP contribution in [0.25, 0.3) is 0 Å². The zero-order chi connectivity index (χ0) is 15.5. The molecule has 118 valence electrons. The smallest absolute Gasteiger partial charge is 0.181 e. The lowest BCUT2D eigenvalue weighted by atomic mass is 10.0. The first-order valence-electron chi connectivity index (χ1n) is 7.76. The molecule has 0 aliphatic carbocycles. The number of piperidine rings is 1. The first kappa shape index (κ1) is 15.0. The number of aryl methyl sites for hydroxylation is 2. The van der Waals surface area contributed by atoms with Crippen molar-refractivity contribution in [2.75, 3.05) is 25.0 Å². The minimum absolute atomic E-state index is 0.531. The fraction of sp³-hybridized carbons (Fsp3) is 0.562. The molecule has 0 bridgehead atoms. The number of rotatable bonds is 4. The van der Waals surface area contributed by atoms with Crippen LogP contribution in [0.2, 0.25) is 0 Å². The summed E-state index contributed by atoms with van der Waals surface area (Å²) in [5.41, 5.74) is 2.06. The summed E-state index contributed by atoms with van der Waals surface area (Å²) in [6.07, 6.45) is 5.44. The van der Waals surface area contributed by atoms with E-state index < -0.39 is 0 Å². The van der Waals surface area contributed by atoms with Gasteiger partial charge in [-0.1, -0.05) is 0 Å². The van der Waals surface area contributed by atoms with Gasteiger partial charge in [-0.25, -0.2) is 15.0 Å². The van der Waals surface area contributed by atoms with Crippen molar-refractivity contribution in [2.24, 2.45) is 0 Å². The van der Waals surface area contributed by atoms with Crippen LogP contribution in [0.3, 0.4) is 0 Å². The molecular weight excluding hydrogens is 278 g/mol. The number of hydrogen-bond acceptors (Lipinski definition) is 6. The van der Waals surface area contributed by atoms with Gasteiger partial charge in [-0.05, 0) is 26.7 Å². The molecule has 0 amide bonds. The maximum absolute atomic E-state index is 5.27. The number of aromatic nitrogens is 3. The molecule has 0 saturated carbocycles. The molecule has 2 aromatic heterocycles. The Balaban J connectivity index is 1.56. The zero-order valence-corrected chi connectivity index (χ0v) is 13.5. The summed E-state index contributed by atoms with van der Waals surface area (Å²) in [5, 5.41) is 0. The van der Waals surface area contributed by atoms with Gasteiger partial charge in [0.05, 0.1) is 5.69 Å². The van der Waals surface area contributed by atoms with E-state index in [1.807, 2.05) is 19.9 Å². The molecule has 3 rings (SSSR count). The Morgan fingerprint density at radius 1 is 1.23 bits per heavy atom. The van der Waals surface area contributed by atoms with Crippen molar-refractivity contribution in [3.63, 3.8) is 0 Å². The Hall–Kier alpha value is -1.95. The molecule has 0 spiro atoms. The lowest BCUT2D eigenvalue weighted by molar-refractivity contribution is 0.200. The van der Waals surface area contributed by atoms with E-state index in [2.05, 4.69) is 31.8 Å². The van der Waals surface area contributed by atoms with Crippen molar-refractivity contribution in [1.29, 1.82) is 0 Å². The Morgan fingerprint density at radius 2 is 2.00 bits per heavy atom. The fourth-order valence-electron chi connectivity index (χ4n) is 2.98. The summed E-state index contributed by atoms with van der Waals surface area (Å²) in [4.78, 5) is 17.6. The SMILES string of the molecule is Cc1cc(N(C)C2CCN(Cc3ncoc3C)CC2)ncn1. The molecule has 1 fully saturated rings. The molecule has 0 atom stereocenters. The van der Waals surface area contributed by atoms with Gasteiger partial charge in [-0.15, -0.1) is 0 Å². The standard InChI is InChI=1S/C16H23N5O/c1-12-8-16(18-10-17-12)20(3)14-4-6-21(7-5-14)9-15-13(2)22-11-19-15/h8,10-11,14H,4-7,9H2,1-3H3. The van der Waals surface area contributed by atoms with Crippen molar-refractivity contribution < 1.29 is 4.42 Å². The maximum Gasteiger partial charge on any atom is 0.181 e. The van der Waals surface area contributed by atoms with E-state index in [1.54, 1.807) is 6.33 Å². The van der Waals surface area contributed by atoms with Gasteiger partial charge < -0.3 is 9.32 Å². The number of oxazole rings is 1. The highest BCUT2D eigenvalue weighted by molar-refractivity contribution is 5.39. The molecule has 2 aromatic rings. The van der Waals surface area contributed by atoms with Gasteiger partial charge in [-0.3, -0.25) is 4.90 Å². The highest BCUT2D eigenvalue weighted by atomic mass is 16.3. The van der Waals surface area contributed by atoms with Crippen LogP contribution in [0, 0.1) is 13.8 Å². The summed E-state index contributed by atoms with van der Waals surface area (Å²) >= 11 is 0. The second kappa shape index (κ2) is 6.44.